The second-order valence-electron chi connectivity index (χ2n) is 3.13. The number of carbonyl (C=O) groups is 1. The molecule has 1 amide bonds. The summed E-state index contributed by atoms with van der Waals surface area (Å²) < 4.78 is 6.96. The number of rotatable bonds is 3. The Morgan fingerprint density at radius 1 is 1.69 bits per heavy atom. The van der Waals surface area contributed by atoms with Crippen molar-refractivity contribution in [2.24, 2.45) is 7.05 Å². The van der Waals surface area contributed by atoms with Gasteiger partial charge in [-0.3, -0.25) is 9.48 Å². The van der Waals surface area contributed by atoms with Gasteiger partial charge >= 0.3 is 0 Å². The molecule has 2 rings (SSSR count). The van der Waals surface area contributed by atoms with Gasteiger partial charge in [0.15, 0.2) is 10.5 Å². The van der Waals surface area contributed by atoms with E-state index in [1.807, 2.05) is 0 Å². The Labute approximate surface area is 99.8 Å². The Balaban J connectivity index is 1.96. The van der Waals surface area contributed by atoms with Crippen molar-refractivity contribution < 1.29 is 9.21 Å². The Hall–Kier alpha value is -1.63. The molecule has 2 aromatic heterocycles. The van der Waals surface area contributed by atoms with E-state index in [-0.39, 0.29) is 12.5 Å². The minimum atomic E-state index is -0.229. The predicted octanol–water partition coefficient (Wildman–Crippen LogP) is 1.10. The molecule has 2 heterocycles. The summed E-state index contributed by atoms with van der Waals surface area (Å²) in [6.07, 6.45) is 3.02. The lowest BCUT2D eigenvalue weighted by molar-refractivity contribution is 0.0948. The molecule has 2 aromatic rings. The number of amides is 1. The van der Waals surface area contributed by atoms with Gasteiger partial charge in [0.25, 0.3) is 5.91 Å². The molecule has 0 aliphatic heterocycles. The standard InChI is InChI=1S/C9H9BrN4O2/c1-14-5-12-7(13-14)4-11-9(15)6-2-3-16-8(6)10/h2-3,5H,4H2,1H3,(H,11,15). The minimum absolute atomic E-state index is 0.229. The van der Waals surface area contributed by atoms with E-state index in [0.717, 1.165) is 0 Å². The van der Waals surface area contributed by atoms with Crippen molar-refractivity contribution in [3.8, 4) is 0 Å². The Morgan fingerprint density at radius 3 is 3.06 bits per heavy atom. The molecule has 0 aliphatic carbocycles. The van der Waals surface area contributed by atoms with Crippen molar-refractivity contribution >= 4 is 21.8 Å². The first-order chi connectivity index (χ1) is 7.66. The van der Waals surface area contributed by atoms with Crippen LogP contribution in [0.1, 0.15) is 16.2 Å². The average Bonchev–Trinajstić information content (AvgIpc) is 2.84. The molecule has 7 heteroatoms. The maximum Gasteiger partial charge on any atom is 0.256 e. The van der Waals surface area contributed by atoms with Gasteiger partial charge in [-0.15, -0.1) is 0 Å². The van der Waals surface area contributed by atoms with Gasteiger partial charge in [-0.2, -0.15) is 5.10 Å². The van der Waals surface area contributed by atoms with Gasteiger partial charge in [0.2, 0.25) is 0 Å². The summed E-state index contributed by atoms with van der Waals surface area (Å²) in [4.78, 5) is 15.6. The number of nitrogens with one attached hydrogen (secondary N) is 1. The van der Waals surface area contributed by atoms with E-state index in [1.165, 1.54) is 6.26 Å². The molecular formula is C9H9BrN4O2. The van der Waals surface area contributed by atoms with Gasteiger partial charge in [0.05, 0.1) is 18.4 Å². The molecule has 0 saturated carbocycles. The highest BCUT2D eigenvalue weighted by Crippen LogP contribution is 2.17. The third-order valence-electron chi connectivity index (χ3n) is 1.92. The zero-order valence-corrected chi connectivity index (χ0v) is 10.1. The van der Waals surface area contributed by atoms with Crippen molar-refractivity contribution in [3.05, 3.63) is 34.7 Å². The predicted molar refractivity (Wildman–Crippen MR) is 58.6 cm³/mol. The molecule has 16 heavy (non-hydrogen) atoms. The second kappa shape index (κ2) is 4.48. The third kappa shape index (κ3) is 2.30. The number of aromatic nitrogens is 3. The third-order valence-corrected chi connectivity index (χ3v) is 2.53. The van der Waals surface area contributed by atoms with E-state index in [1.54, 1.807) is 24.1 Å². The molecule has 0 spiro atoms. The van der Waals surface area contributed by atoms with E-state index in [2.05, 4.69) is 31.3 Å². The summed E-state index contributed by atoms with van der Waals surface area (Å²) in [6.45, 7) is 0.289. The molecule has 1 N–H and O–H groups in total. The van der Waals surface area contributed by atoms with E-state index < -0.39 is 0 Å². The van der Waals surface area contributed by atoms with E-state index in [4.69, 9.17) is 4.42 Å². The summed E-state index contributed by atoms with van der Waals surface area (Å²) in [5, 5.41) is 6.73. The van der Waals surface area contributed by atoms with Crippen LogP contribution in [0.15, 0.2) is 27.7 Å². The quantitative estimate of drug-likeness (QED) is 0.916. The largest absolute Gasteiger partial charge is 0.457 e. The number of nitrogens with zero attached hydrogens (tertiary/aromatic N) is 3. The van der Waals surface area contributed by atoms with Crippen molar-refractivity contribution in [2.45, 2.75) is 6.54 Å². The van der Waals surface area contributed by atoms with Crippen LogP contribution in [0.25, 0.3) is 0 Å². The highest BCUT2D eigenvalue weighted by Gasteiger charge is 2.12. The van der Waals surface area contributed by atoms with E-state index in [9.17, 15) is 4.79 Å². The van der Waals surface area contributed by atoms with Gasteiger partial charge in [-0.25, -0.2) is 4.98 Å². The zero-order valence-electron chi connectivity index (χ0n) is 8.48. The number of furan rings is 1. The maximum absolute atomic E-state index is 11.6. The van der Waals surface area contributed by atoms with Crippen molar-refractivity contribution in [2.75, 3.05) is 0 Å². The molecule has 0 fully saturated rings. The molecule has 0 radical (unpaired) electrons. The number of hydrogen-bond acceptors (Lipinski definition) is 4. The van der Waals surface area contributed by atoms with Crippen LogP contribution in [0, 0.1) is 0 Å². The Kier molecular flexibility index (Phi) is 3.04. The molecule has 6 nitrogen and oxygen atoms in total. The molecular weight excluding hydrogens is 276 g/mol. The number of aryl methyl sites for hydroxylation is 1. The van der Waals surface area contributed by atoms with E-state index >= 15 is 0 Å². The van der Waals surface area contributed by atoms with Gasteiger partial charge in [0, 0.05) is 7.05 Å². The summed E-state index contributed by atoms with van der Waals surface area (Å²) >= 11 is 3.13. The lowest BCUT2D eigenvalue weighted by atomic mass is 10.3. The molecule has 0 saturated heterocycles. The van der Waals surface area contributed by atoms with Crippen LogP contribution in [0.3, 0.4) is 0 Å². The molecule has 0 atom stereocenters. The first kappa shape index (κ1) is 10.9. The zero-order chi connectivity index (χ0) is 11.5. The summed E-state index contributed by atoms with van der Waals surface area (Å²) in [5.41, 5.74) is 0.455. The van der Waals surface area contributed by atoms with Crippen LogP contribution < -0.4 is 5.32 Å². The van der Waals surface area contributed by atoms with Crippen LogP contribution in [-0.4, -0.2) is 20.7 Å². The fourth-order valence-corrected chi connectivity index (χ4v) is 1.60. The molecule has 0 aliphatic rings. The monoisotopic (exact) mass is 284 g/mol. The average molecular weight is 285 g/mol. The van der Waals surface area contributed by atoms with Crippen LogP contribution in [-0.2, 0) is 13.6 Å². The maximum atomic E-state index is 11.6. The normalized spacial score (nSPS) is 10.4. The first-order valence-electron chi connectivity index (χ1n) is 4.52. The van der Waals surface area contributed by atoms with Crippen molar-refractivity contribution in [3.63, 3.8) is 0 Å². The van der Waals surface area contributed by atoms with Gasteiger partial charge < -0.3 is 9.73 Å². The number of hydrogen-bond donors (Lipinski definition) is 1. The van der Waals surface area contributed by atoms with Gasteiger partial charge in [-0.1, -0.05) is 0 Å². The first-order valence-corrected chi connectivity index (χ1v) is 5.32. The summed E-state index contributed by atoms with van der Waals surface area (Å²) in [6, 6.07) is 1.59. The highest BCUT2D eigenvalue weighted by molar-refractivity contribution is 9.10. The SMILES string of the molecule is Cn1cnc(CNC(=O)c2ccoc2Br)n1. The topological polar surface area (TPSA) is 73.0 Å². The van der Waals surface area contributed by atoms with Crippen LogP contribution in [0.2, 0.25) is 0 Å². The van der Waals surface area contributed by atoms with Crippen molar-refractivity contribution in [1.82, 2.24) is 20.1 Å². The number of halogens is 1. The minimum Gasteiger partial charge on any atom is -0.457 e. The summed E-state index contributed by atoms with van der Waals surface area (Å²) in [7, 11) is 1.77. The molecule has 0 aromatic carbocycles. The van der Waals surface area contributed by atoms with E-state index in [0.29, 0.717) is 16.1 Å². The lowest BCUT2D eigenvalue weighted by Crippen LogP contribution is -2.23. The number of carbonyl (C=O) groups excluding carboxylic acids is 1. The molecule has 84 valence electrons. The lowest BCUT2D eigenvalue weighted by Gasteiger charge is -1.99. The fraction of sp³-hybridized carbons (Fsp3) is 0.222. The smallest absolute Gasteiger partial charge is 0.256 e. The fourth-order valence-electron chi connectivity index (χ4n) is 1.18. The Bertz CT molecular complexity index is 505. The van der Waals surface area contributed by atoms with Crippen LogP contribution >= 0.6 is 15.9 Å². The molecule has 0 bridgehead atoms. The highest BCUT2D eigenvalue weighted by atomic mass is 79.9. The van der Waals surface area contributed by atoms with Gasteiger partial charge in [0.1, 0.15) is 6.33 Å². The van der Waals surface area contributed by atoms with Crippen molar-refractivity contribution in [1.29, 1.82) is 0 Å². The second-order valence-corrected chi connectivity index (χ2v) is 3.85. The Morgan fingerprint density at radius 2 is 2.50 bits per heavy atom. The van der Waals surface area contributed by atoms with Crippen LogP contribution in [0.5, 0.6) is 0 Å². The summed E-state index contributed by atoms with van der Waals surface area (Å²) in [5.74, 6) is 0.337. The van der Waals surface area contributed by atoms with Crippen LogP contribution in [0.4, 0.5) is 0 Å². The van der Waals surface area contributed by atoms with Gasteiger partial charge in [-0.05, 0) is 22.0 Å². The molecule has 0 unspecified atom stereocenters.